The fourth-order valence-electron chi connectivity index (χ4n) is 6.17. The molecule has 2 aliphatic heterocycles. The number of fused-ring (bicyclic) bond motifs is 2. The Balaban J connectivity index is 1.64. The van der Waals surface area contributed by atoms with Crippen LogP contribution < -0.4 is 20.7 Å². The topological polar surface area (TPSA) is 99.7 Å². The van der Waals surface area contributed by atoms with Crippen molar-refractivity contribution in [2.24, 2.45) is 5.41 Å². The van der Waals surface area contributed by atoms with Gasteiger partial charge >= 0.3 is 0 Å². The predicted octanol–water partition coefficient (Wildman–Crippen LogP) is 5.89. The van der Waals surface area contributed by atoms with Gasteiger partial charge in [-0.1, -0.05) is 62.2 Å². The molecule has 1 unspecified atom stereocenters. The van der Waals surface area contributed by atoms with Gasteiger partial charge in [0.05, 0.1) is 17.7 Å². The van der Waals surface area contributed by atoms with E-state index in [1.165, 1.54) is 6.07 Å². The molecule has 7 nitrogen and oxygen atoms in total. The first-order chi connectivity index (χ1) is 19.5. The molecule has 2 heterocycles. The van der Waals surface area contributed by atoms with Gasteiger partial charge in [0.25, 0.3) is 0 Å². The van der Waals surface area contributed by atoms with Crippen molar-refractivity contribution in [1.82, 2.24) is 5.32 Å². The van der Waals surface area contributed by atoms with Crippen LogP contribution in [0.15, 0.2) is 60.7 Å². The molecule has 0 saturated carbocycles. The summed E-state index contributed by atoms with van der Waals surface area (Å²) in [5.41, 5.74) is 0.284. The highest BCUT2D eigenvalue weighted by atomic mass is 35.5. The van der Waals surface area contributed by atoms with E-state index in [9.17, 15) is 9.59 Å². The van der Waals surface area contributed by atoms with Gasteiger partial charge < -0.3 is 25.8 Å². The third-order valence-electron chi connectivity index (χ3n) is 7.70. The van der Waals surface area contributed by atoms with Gasteiger partial charge in [0, 0.05) is 28.4 Å². The standard InChI is InChI=1S/C31H32Cl2FN3O4/c1-30(2,3)16-24-31(21-12-7-17(32)15-23(21)36-29(31)40)25(20-5-4-6-22(33)26(20)34)27(37-24)28(39)35-18-8-10-19(11-9-18)41-14-13-38/h4-12,15,24-25,27,37-38H,13-14,16H2,1-3H3,(H,35,39)(H,36,40)/t24-,25?,27+,31+/m0/s1. The fraction of sp³-hybridized carbons (Fsp3) is 0.355. The van der Waals surface area contributed by atoms with Crippen molar-refractivity contribution in [3.63, 3.8) is 0 Å². The zero-order chi connectivity index (χ0) is 29.5. The molecule has 3 aromatic rings. The van der Waals surface area contributed by atoms with Gasteiger partial charge in [0.1, 0.15) is 23.6 Å². The average Bonchev–Trinajstić information content (AvgIpc) is 3.38. The largest absolute Gasteiger partial charge is 0.491 e. The van der Waals surface area contributed by atoms with E-state index in [2.05, 4.69) is 36.7 Å². The van der Waals surface area contributed by atoms with E-state index in [0.29, 0.717) is 34.1 Å². The van der Waals surface area contributed by atoms with E-state index in [0.717, 1.165) is 0 Å². The Morgan fingerprint density at radius 2 is 1.85 bits per heavy atom. The summed E-state index contributed by atoms with van der Waals surface area (Å²) in [7, 11) is 0. The lowest BCUT2D eigenvalue weighted by atomic mass is 9.62. The van der Waals surface area contributed by atoms with Crippen molar-refractivity contribution in [3.8, 4) is 5.75 Å². The molecule has 1 saturated heterocycles. The van der Waals surface area contributed by atoms with Crippen LogP contribution in [0, 0.1) is 11.2 Å². The second kappa shape index (κ2) is 11.2. The Kier molecular flexibility index (Phi) is 8.05. The maximum absolute atomic E-state index is 15.9. The first-order valence-corrected chi connectivity index (χ1v) is 14.2. The number of amides is 2. The Morgan fingerprint density at radius 3 is 2.54 bits per heavy atom. The number of nitrogens with one attached hydrogen (secondary N) is 3. The molecule has 2 amide bonds. The first kappa shape index (κ1) is 29.3. The summed E-state index contributed by atoms with van der Waals surface area (Å²) in [5, 5.41) is 18.7. The fourth-order valence-corrected chi connectivity index (χ4v) is 6.52. The molecule has 1 spiro atoms. The lowest BCUT2D eigenvalue weighted by molar-refractivity contribution is -0.122. The molecular formula is C31H32Cl2FN3O4. The number of hydrogen-bond acceptors (Lipinski definition) is 5. The van der Waals surface area contributed by atoms with E-state index in [1.807, 2.05) is 0 Å². The van der Waals surface area contributed by atoms with Crippen molar-refractivity contribution in [3.05, 3.63) is 87.7 Å². The van der Waals surface area contributed by atoms with Crippen molar-refractivity contribution in [2.75, 3.05) is 23.8 Å². The van der Waals surface area contributed by atoms with E-state index >= 15 is 4.39 Å². The molecule has 5 rings (SSSR count). The Labute approximate surface area is 248 Å². The lowest BCUT2D eigenvalue weighted by Gasteiger charge is -2.37. The van der Waals surface area contributed by atoms with Crippen LogP contribution in [0.2, 0.25) is 10.0 Å². The highest BCUT2D eigenvalue weighted by Crippen LogP contribution is 2.57. The quantitative estimate of drug-likeness (QED) is 0.271. The van der Waals surface area contributed by atoms with E-state index in [-0.39, 0.29) is 35.1 Å². The van der Waals surface area contributed by atoms with Crippen molar-refractivity contribution < 1.29 is 23.8 Å². The molecule has 0 aromatic heterocycles. The number of carbonyl (C=O) groups excluding carboxylic acids is 2. The first-order valence-electron chi connectivity index (χ1n) is 13.4. The number of benzene rings is 3. The highest BCUT2D eigenvalue weighted by Gasteiger charge is 2.66. The summed E-state index contributed by atoms with van der Waals surface area (Å²) in [6, 6.07) is 15.0. The van der Waals surface area contributed by atoms with Crippen LogP contribution in [0.1, 0.15) is 44.2 Å². The zero-order valence-electron chi connectivity index (χ0n) is 22.9. The second-order valence-electron chi connectivity index (χ2n) is 11.7. The molecule has 216 valence electrons. The minimum Gasteiger partial charge on any atom is -0.491 e. The molecule has 2 aliphatic rings. The maximum atomic E-state index is 15.9. The minimum atomic E-state index is -1.33. The maximum Gasteiger partial charge on any atom is 0.242 e. The van der Waals surface area contributed by atoms with Crippen molar-refractivity contribution in [2.45, 2.75) is 50.6 Å². The molecule has 0 bridgehead atoms. The minimum absolute atomic E-state index is 0.0933. The molecule has 3 aromatic carbocycles. The normalized spacial score (nSPS) is 23.4. The number of anilines is 2. The molecule has 41 heavy (non-hydrogen) atoms. The summed E-state index contributed by atoms with van der Waals surface area (Å²) in [4.78, 5) is 28.2. The van der Waals surface area contributed by atoms with Crippen LogP contribution in [0.4, 0.5) is 15.8 Å². The zero-order valence-corrected chi connectivity index (χ0v) is 24.4. The van der Waals surface area contributed by atoms with Crippen LogP contribution in [0.5, 0.6) is 5.75 Å². The van der Waals surface area contributed by atoms with E-state index < -0.39 is 35.1 Å². The van der Waals surface area contributed by atoms with Crippen molar-refractivity contribution >= 4 is 46.4 Å². The van der Waals surface area contributed by atoms with Crippen LogP contribution in [0.3, 0.4) is 0 Å². The van der Waals surface area contributed by atoms with Crippen LogP contribution in [-0.2, 0) is 15.0 Å². The van der Waals surface area contributed by atoms with Gasteiger partial charge in [0.2, 0.25) is 11.8 Å². The number of hydrogen-bond donors (Lipinski definition) is 4. The van der Waals surface area contributed by atoms with Gasteiger partial charge in [-0.3, -0.25) is 9.59 Å². The van der Waals surface area contributed by atoms with Crippen molar-refractivity contribution in [1.29, 1.82) is 0 Å². The number of aliphatic hydroxyl groups excluding tert-OH is 1. The molecule has 10 heteroatoms. The highest BCUT2D eigenvalue weighted by molar-refractivity contribution is 6.31. The average molecular weight is 601 g/mol. The second-order valence-corrected chi connectivity index (χ2v) is 12.5. The Bertz CT molecular complexity index is 1480. The predicted molar refractivity (Wildman–Crippen MR) is 158 cm³/mol. The number of carbonyl (C=O) groups is 2. The lowest BCUT2D eigenvalue weighted by Crippen LogP contribution is -2.49. The smallest absolute Gasteiger partial charge is 0.242 e. The van der Waals surface area contributed by atoms with E-state index in [4.69, 9.17) is 33.0 Å². The molecule has 1 fully saturated rings. The summed E-state index contributed by atoms with van der Waals surface area (Å²) in [6.07, 6.45) is 0.516. The van der Waals surface area contributed by atoms with E-state index in [1.54, 1.807) is 54.6 Å². The number of ether oxygens (including phenoxy) is 1. The molecule has 4 N–H and O–H groups in total. The number of aliphatic hydroxyl groups is 1. The number of rotatable bonds is 7. The van der Waals surface area contributed by atoms with Gasteiger partial charge in [-0.2, -0.15) is 0 Å². The molecule has 0 aliphatic carbocycles. The Morgan fingerprint density at radius 1 is 1.12 bits per heavy atom. The van der Waals surface area contributed by atoms with Crippen LogP contribution >= 0.6 is 23.2 Å². The SMILES string of the molecule is CC(C)(C)C[C@@H]1N[C@@H](C(=O)Nc2ccc(OCCO)cc2)C(c2cccc(Cl)c2F)[C@]12C(=O)Nc1cc(Cl)ccc12. The third kappa shape index (κ3) is 5.42. The van der Waals surface area contributed by atoms with Crippen LogP contribution in [-0.4, -0.2) is 42.2 Å². The number of halogens is 3. The monoisotopic (exact) mass is 599 g/mol. The van der Waals surface area contributed by atoms with Gasteiger partial charge in [-0.05, 0) is 65.4 Å². The summed E-state index contributed by atoms with van der Waals surface area (Å²) < 4.78 is 21.3. The summed E-state index contributed by atoms with van der Waals surface area (Å²) in [6.45, 7) is 6.20. The third-order valence-corrected chi connectivity index (χ3v) is 8.23. The van der Waals surface area contributed by atoms with Gasteiger partial charge in [-0.25, -0.2) is 4.39 Å². The van der Waals surface area contributed by atoms with Crippen LogP contribution in [0.25, 0.3) is 0 Å². The summed E-state index contributed by atoms with van der Waals surface area (Å²) in [5.74, 6) is -1.83. The summed E-state index contributed by atoms with van der Waals surface area (Å²) >= 11 is 12.5. The molecule has 0 radical (unpaired) electrons. The molecule has 4 atom stereocenters. The molecular weight excluding hydrogens is 568 g/mol. The van der Waals surface area contributed by atoms with Gasteiger partial charge in [-0.15, -0.1) is 0 Å². The van der Waals surface area contributed by atoms with Gasteiger partial charge in [0.15, 0.2) is 0 Å². The Hall–Kier alpha value is -3.17.